The number of aliphatic hydroxyl groups is 1. The second-order valence-electron chi connectivity index (χ2n) is 6.19. The zero-order chi connectivity index (χ0) is 15.9. The van der Waals surface area contributed by atoms with Gasteiger partial charge in [0.15, 0.2) is 0 Å². The first-order valence-electron chi connectivity index (χ1n) is 7.26. The van der Waals surface area contributed by atoms with Crippen molar-refractivity contribution in [1.82, 2.24) is 5.32 Å². The minimum Gasteiger partial charge on any atom is -0.508 e. The van der Waals surface area contributed by atoms with Gasteiger partial charge in [-0.05, 0) is 42.4 Å². The lowest BCUT2D eigenvalue weighted by Crippen LogP contribution is -2.45. The number of phenolic OH excluding ortho intramolecular Hbond substituents is 1. The third-order valence-corrected chi connectivity index (χ3v) is 3.48. The Morgan fingerprint density at radius 2 is 1.95 bits per heavy atom. The molecule has 5 N–H and O–H groups in total. The number of nitrogens with two attached hydrogens (primary N) is 1. The van der Waals surface area contributed by atoms with Gasteiger partial charge in [0.1, 0.15) is 5.75 Å². The largest absolute Gasteiger partial charge is 0.508 e. The van der Waals surface area contributed by atoms with Crippen molar-refractivity contribution in [2.45, 2.75) is 39.2 Å². The van der Waals surface area contributed by atoms with Crippen molar-refractivity contribution in [3.63, 3.8) is 0 Å². The highest BCUT2D eigenvalue weighted by atomic mass is 16.3. The molecule has 5 heteroatoms. The summed E-state index contributed by atoms with van der Waals surface area (Å²) in [6.45, 7) is 4.80. The number of aromatic hydroxyl groups is 1. The third-order valence-electron chi connectivity index (χ3n) is 3.48. The van der Waals surface area contributed by atoms with Gasteiger partial charge < -0.3 is 21.3 Å². The van der Waals surface area contributed by atoms with Gasteiger partial charge in [-0.1, -0.05) is 26.0 Å². The smallest absolute Gasteiger partial charge is 0.237 e. The van der Waals surface area contributed by atoms with E-state index in [0.29, 0.717) is 13.0 Å². The first kappa shape index (κ1) is 17.5. The van der Waals surface area contributed by atoms with Gasteiger partial charge in [0, 0.05) is 13.2 Å². The molecule has 1 atom stereocenters. The number of amides is 1. The van der Waals surface area contributed by atoms with Crippen LogP contribution in [-0.2, 0) is 11.2 Å². The molecule has 118 valence electrons. The summed E-state index contributed by atoms with van der Waals surface area (Å²) in [5.74, 6) is 0.0163. The van der Waals surface area contributed by atoms with Gasteiger partial charge in [0.05, 0.1) is 6.04 Å². The topological polar surface area (TPSA) is 95.6 Å². The van der Waals surface area contributed by atoms with E-state index in [-0.39, 0.29) is 23.7 Å². The monoisotopic (exact) mass is 294 g/mol. The number of carbonyl (C=O) groups excluding carboxylic acids is 1. The molecule has 0 unspecified atom stereocenters. The predicted octanol–water partition coefficient (Wildman–Crippen LogP) is 1.18. The molecule has 0 aliphatic rings. The maximum atomic E-state index is 12.0. The minimum absolute atomic E-state index is 0.0589. The van der Waals surface area contributed by atoms with Crippen molar-refractivity contribution in [2.24, 2.45) is 11.1 Å². The first-order chi connectivity index (χ1) is 9.84. The summed E-state index contributed by atoms with van der Waals surface area (Å²) in [5, 5.41) is 20.9. The molecule has 0 aliphatic carbocycles. The Labute approximate surface area is 126 Å². The lowest BCUT2D eigenvalue weighted by Gasteiger charge is -2.25. The number of hydrogen-bond acceptors (Lipinski definition) is 4. The van der Waals surface area contributed by atoms with E-state index in [2.05, 4.69) is 19.2 Å². The normalized spacial score (nSPS) is 13.0. The van der Waals surface area contributed by atoms with Gasteiger partial charge >= 0.3 is 0 Å². The molecule has 0 bridgehead atoms. The number of carbonyl (C=O) groups is 1. The Bertz CT molecular complexity index is 443. The van der Waals surface area contributed by atoms with E-state index in [9.17, 15) is 9.90 Å². The lowest BCUT2D eigenvalue weighted by atomic mass is 9.88. The zero-order valence-electron chi connectivity index (χ0n) is 12.8. The van der Waals surface area contributed by atoms with Crippen molar-refractivity contribution in [1.29, 1.82) is 0 Å². The SMILES string of the molecule is CC(C)(CCCO)CNC(=O)[C@H](N)Cc1ccc(O)cc1. The standard InChI is InChI=1S/C16H26N2O3/c1-16(2,8-3-9-19)11-18-15(21)14(17)10-12-4-6-13(20)7-5-12/h4-7,14,19-20H,3,8-11,17H2,1-2H3,(H,18,21)/t14-/m1/s1. The minimum atomic E-state index is -0.608. The van der Waals surface area contributed by atoms with Crippen LogP contribution >= 0.6 is 0 Å². The predicted molar refractivity (Wildman–Crippen MR) is 82.9 cm³/mol. The van der Waals surface area contributed by atoms with Crippen LogP contribution in [0.5, 0.6) is 5.75 Å². The van der Waals surface area contributed by atoms with Crippen LogP contribution < -0.4 is 11.1 Å². The molecule has 0 aliphatic heterocycles. The van der Waals surface area contributed by atoms with E-state index >= 15 is 0 Å². The number of nitrogens with one attached hydrogen (secondary N) is 1. The van der Waals surface area contributed by atoms with E-state index in [1.165, 1.54) is 0 Å². The van der Waals surface area contributed by atoms with Gasteiger partial charge in [0.2, 0.25) is 5.91 Å². The zero-order valence-corrected chi connectivity index (χ0v) is 12.8. The van der Waals surface area contributed by atoms with E-state index in [1.54, 1.807) is 24.3 Å². The quantitative estimate of drug-likeness (QED) is 0.579. The van der Waals surface area contributed by atoms with Crippen molar-refractivity contribution in [2.75, 3.05) is 13.2 Å². The molecule has 1 aromatic rings. The fraction of sp³-hybridized carbons (Fsp3) is 0.562. The molecule has 0 saturated carbocycles. The third kappa shape index (κ3) is 6.60. The Kier molecular flexibility index (Phi) is 6.65. The van der Waals surface area contributed by atoms with Crippen LogP contribution in [0.2, 0.25) is 0 Å². The Balaban J connectivity index is 2.42. The molecule has 21 heavy (non-hydrogen) atoms. The maximum absolute atomic E-state index is 12.0. The van der Waals surface area contributed by atoms with Crippen molar-refractivity contribution in [3.8, 4) is 5.75 Å². The molecule has 0 spiro atoms. The Hall–Kier alpha value is -1.59. The highest BCUT2D eigenvalue weighted by Crippen LogP contribution is 2.20. The number of aliphatic hydroxyl groups excluding tert-OH is 1. The second-order valence-corrected chi connectivity index (χ2v) is 6.19. The van der Waals surface area contributed by atoms with Crippen molar-refractivity contribution >= 4 is 5.91 Å². The Morgan fingerprint density at radius 1 is 1.33 bits per heavy atom. The number of phenols is 1. The van der Waals surface area contributed by atoms with Gasteiger partial charge in [-0.2, -0.15) is 0 Å². The summed E-state index contributed by atoms with van der Waals surface area (Å²) in [6.07, 6.45) is 2.00. The summed E-state index contributed by atoms with van der Waals surface area (Å²) in [6, 6.07) is 6.07. The highest BCUT2D eigenvalue weighted by Gasteiger charge is 2.20. The van der Waals surface area contributed by atoms with Gasteiger partial charge in [-0.3, -0.25) is 4.79 Å². The van der Waals surface area contributed by atoms with Crippen LogP contribution in [0.3, 0.4) is 0 Å². The molecule has 0 fully saturated rings. The van der Waals surface area contributed by atoms with E-state index in [4.69, 9.17) is 10.8 Å². The summed E-state index contributed by atoms with van der Waals surface area (Å²) < 4.78 is 0. The number of hydrogen-bond donors (Lipinski definition) is 4. The first-order valence-corrected chi connectivity index (χ1v) is 7.26. The Morgan fingerprint density at radius 3 is 2.52 bits per heavy atom. The van der Waals surface area contributed by atoms with Crippen LogP contribution in [0.15, 0.2) is 24.3 Å². The molecule has 0 saturated heterocycles. The molecule has 0 radical (unpaired) electrons. The molecule has 1 amide bonds. The molecule has 0 heterocycles. The van der Waals surface area contributed by atoms with Gasteiger partial charge in [0.25, 0.3) is 0 Å². The summed E-state index contributed by atoms with van der Waals surface area (Å²) in [4.78, 5) is 12.0. The molecule has 5 nitrogen and oxygen atoms in total. The molecule has 1 rings (SSSR count). The van der Waals surface area contributed by atoms with Crippen molar-refractivity contribution < 1.29 is 15.0 Å². The fourth-order valence-electron chi connectivity index (χ4n) is 2.08. The van der Waals surface area contributed by atoms with Gasteiger partial charge in [-0.25, -0.2) is 0 Å². The molecular weight excluding hydrogens is 268 g/mol. The summed E-state index contributed by atoms with van der Waals surface area (Å²) in [5.41, 5.74) is 6.76. The summed E-state index contributed by atoms with van der Waals surface area (Å²) >= 11 is 0. The fourth-order valence-corrected chi connectivity index (χ4v) is 2.08. The summed E-state index contributed by atoms with van der Waals surface area (Å²) in [7, 11) is 0. The molecular formula is C16H26N2O3. The maximum Gasteiger partial charge on any atom is 0.237 e. The van der Waals surface area contributed by atoms with Crippen LogP contribution in [0.4, 0.5) is 0 Å². The average molecular weight is 294 g/mol. The van der Waals surface area contributed by atoms with Crippen LogP contribution in [0.1, 0.15) is 32.3 Å². The second kappa shape index (κ2) is 8.00. The van der Waals surface area contributed by atoms with E-state index < -0.39 is 6.04 Å². The highest BCUT2D eigenvalue weighted by molar-refractivity contribution is 5.81. The van der Waals surface area contributed by atoms with Gasteiger partial charge in [-0.15, -0.1) is 0 Å². The van der Waals surface area contributed by atoms with Crippen LogP contribution in [0.25, 0.3) is 0 Å². The average Bonchev–Trinajstić information content (AvgIpc) is 2.45. The van der Waals surface area contributed by atoms with E-state index in [0.717, 1.165) is 18.4 Å². The van der Waals surface area contributed by atoms with Crippen LogP contribution in [-0.4, -0.2) is 35.3 Å². The lowest BCUT2D eigenvalue weighted by molar-refractivity contribution is -0.122. The number of benzene rings is 1. The van der Waals surface area contributed by atoms with E-state index in [1.807, 2.05) is 0 Å². The van der Waals surface area contributed by atoms with Crippen molar-refractivity contribution in [3.05, 3.63) is 29.8 Å². The van der Waals surface area contributed by atoms with Crippen LogP contribution in [0, 0.1) is 5.41 Å². The molecule has 0 aromatic heterocycles. The number of rotatable bonds is 8. The molecule has 1 aromatic carbocycles.